The summed E-state index contributed by atoms with van der Waals surface area (Å²) >= 11 is 6.51. The fourth-order valence-electron chi connectivity index (χ4n) is 4.05. The molecule has 214 valence electrons. The molecule has 0 fully saturated rings. The van der Waals surface area contributed by atoms with Gasteiger partial charge in [-0.15, -0.1) is 0 Å². The van der Waals surface area contributed by atoms with Gasteiger partial charge in [0.1, 0.15) is 0 Å². The Hall–Kier alpha value is -3.53. The molecule has 0 bridgehead atoms. The summed E-state index contributed by atoms with van der Waals surface area (Å²) in [6.45, 7) is 4.76. The zero-order valence-corrected chi connectivity index (χ0v) is 24.5. The lowest BCUT2D eigenvalue weighted by Crippen LogP contribution is -2.13. The molecule has 0 unspecified atom stereocenters. The molecule has 0 amide bonds. The van der Waals surface area contributed by atoms with Crippen molar-refractivity contribution in [1.82, 2.24) is 0 Å². The van der Waals surface area contributed by atoms with Crippen LogP contribution in [0.15, 0.2) is 95.9 Å². The van der Waals surface area contributed by atoms with Crippen molar-refractivity contribution in [2.45, 2.75) is 25.3 Å². The van der Waals surface area contributed by atoms with Crippen LogP contribution in [0.4, 0.5) is 11.4 Å². The van der Waals surface area contributed by atoms with Gasteiger partial charge in [-0.05, 0) is 55.8 Å². The standard InChI is InChI=1S/C32H32ClNO6S/c1-23-11-14-27(15-12-23)41(36,37)40-20-19-38-17-18-39-22-25-8-4-6-10-31(25)34-26-13-16-29(30(33)21-26)32(35)28-9-5-3-7-24(28)2/h3-16,21,34H,17-20,22H2,1-2H3. The maximum absolute atomic E-state index is 13.0. The van der Waals surface area contributed by atoms with E-state index in [0.29, 0.717) is 29.4 Å². The summed E-state index contributed by atoms with van der Waals surface area (Å²) in [5.41, 5.74) is 5.45. The average molecular weight is 594 g/mol. The molecule has 4 rings (SSSR count). The van der Waals surface area contributed by atoms with E-state index in [2.05, 4.69) is 5.32 Å². The zero-order chi connectivity index (χ0) is 29.2. The third-order valence-corrected chi connectivity index (χ3v) is 7.94. The lowest BCUT2D eigenvalue weighted by Gasteiger charge is -2.14. The first-order valence-corrected chi connectivity index (χ1v) is 14.9. The highest BCUT2D eigenvalue weighted by Crippen LogP contribution is 2.28. The number of halogens is 1. The molecule has 0 spiro atoms. The van der Waals surface area contributed by atoms with Crippen LogP contribution in [-0.2, 0) is 30.4 Å². The summed E-state index contributed by atoms with van der Waals surface area (Å²) in [5, 5.41) is 3.72. The highest BCUT2D eigenvalue weighted by Gasteiger charge is 2.16. The molecular weight excluding hydrogens is 562 g/mol. The Morgan fingerprint density at radius 1 is 0.780 bits per heavy atom. The van der Waals surface area contributed by atoms with Gasteiger partial charge >= 0.3 is 0 Å². The number of ether oxygens (including phenoxy) is 2. The molecule has 41 heavy (non-hydrogen) atoms. The topological polar surface area (TPSA) is 90.9 Å². The first-order chi connectivity index (χ1) is 19.7. The number of nitrogens with one attached hydrogen (secondary N) is 1. The molecule has 0 atom stereocenters. The number of aryl methyl sites for hydroxylation is 2. The maximum Gasteiger partial charge on any atom is 0.297 e. The van der Waals surface area contributed by atoms with Crippen molar-refractivity contribution in [1.29, 1.82) is 0 Å². The van der Waals surface area contributed by atoms with Gasteiger partial charge in [0.15, 0.2) is 5.78 Å². The monoisotopic (exact) mass is 593 g/mol. The van der Waals surface area contributed by atoms with E-state index < -0.39 is 10.1 Å². The van der Waals surface area contributed by atoms with Gasteiger partial charge in [0.05, 0.1) is 43.0 Å². The zero-order valence-electron chi connectivity index (χ0n) is 22.9. The van der Waals surface area contributed by atoms with Crippen LogP contribution >= 0.6 is 11.6 Å². The molecule has 7 nitrogen and oxygen atoms in total. The third kappa shape index (κ3) is 8.48. The van der Waals surface area contributed by atoms with E-state index in [1.165, 1.54) is 12.1 Å². The minimum Gasteiger partial charge on any atom is -0.377 e. The quantitative estimate of drug-likeness (QED) is 0.0969. The van der Waals surface area contributed by atoms with Gasteiger partial charge < -0.3 is 14.8 Å². The Balaban J connectivity index is 1.23. The van der Waals surface area contributed by atoms with Crippen molar-refractivity contribution in [2.75, 3.05) is 31.7 Å². The van der Waals surface area contributed by atoms with E-state index in [1.54, 1.807) is 30.3 Å². The second-order valence-electron chi connectivity index (χ2n) is 9.37. The summed E-state index contributed by atoms with van der Waals surface area (Å²) in [6.07, 6.45) is 0. The number of benzene rings is 4. The van der Waals surface area contributed by atoms with Gasteiger partial charge in [-0.3, -0.25) is 8.98 Å². The van der Waals surface area contributed by atoms with E-state index >= 15 is 0 Å². The molecule has 4 aromatic rings. The minimum absolute atomic E-state index is 0.0825. The highest BCUT2D eigenvalue weighted by molar-refractivity contribution is 7.86. The number of rotatable bonds is 14. The van der Waals surface area contributed by atoms with Gasteiger partial charge in [0.25, 0.3) is 10.1 Å². The van der Waals surface area contributed by atoms with Crippen molar-refractivity contribution in [3.8, 4) is 0 Å². The van der Waals surface area contributed by atoms with Crippen LogP contribution in [0.25, 0.3) is 0 Å². The smallest absolute Gasteiger partial charge is 0.297 e. The fraction of sp³-hybridized carbons (Fsp3) is 0.219. The lowest BCUT2D eigenvalue weighted by atomic mass is 9.99. The molecule has 0 aliphatic rings. The van der Waals surface area contributed by atoms with Crippen molar-refractivity contribution >= 4 is 38.9 Å². The minimum atomic E-state index is -3.81. The number of hydrogen-bond acceptors (Lipinski definition) is 7. The Kier molecular flexibility index (Phi) is 10.7. The van der Waals surface area contributed by atoms with Gasteiger partial charge in [0.2, 0.25) is 0 Å². The largest absolute Gasteiger partial charge is 0.377 e. The van der Waals surface area contributed by atoms with Crippen molar-refractivity contribution in [3.63, 3.8) is 0 Å². The number of ketones is 1. The Morgan fingerprint density at radius 2 is 1.46 bits per heavy atom. The summed E-state index contributed by atoms with van der Waals surface area (Å²) in [5.74, 6) is -0.116. The average Bonchev–Trinajstić information content (AvgIpc) is 2.95. The molecule has 9 heteroatoms. The number of carbonyl (C=O) groups excluding carboxylic acids is 1. The van der Waals surface area contributed by atoms with Crippen LogP contribution in [0.5, 0.6) is 0 Å². The molecule has 0 heterocycles. The molecule has 4 aromatic carbocycles. The van der Waals surface area contributed by atoms with Crippen LogP contribution in [-0.4, -0.2) is 40.6 Å². The van der Waals surface area contributed by atoms with Gasteiger partial charge in [-0.2, -0.15) is 8.42 Å². The number of para-hydroxylation sites is 1. The highest BCUT2D eigenvalue weighted by atomic mass is 35.5. The van der Waals surface area contributed by atoms with Crippen molar-refractivity contribution in [3.05, 3.63) is 124 Å². The summed E-state index contributed by atoms with van der Waals surface area (Å²) in [7, 11) is -3.81. The molecule has 0 saturated heterocycles. The van der Waals surface area contributed by atoms with Crippen LogP contribution < -0.4 is 5.32 Å². The molecule has 0 aliphatic heterocycles. The number of carbonyl (C=O) groups is 1. The molecule has 0 saturated carbocycles. The molecule has 0 radical (unpaired) electrons. The molecule has 0 aliphatic carbocycles. The van der Waals surface area contributed by atoms with Crippen LogP contribution in [0, 0.1) is 13.8 Å². The van der Waals surface area contributed by atoms with Crippen molar-refractivity contribution in [2.24, 2.45) is 0 Å². The fourth-order valence-corrected chi connectivity index (χ4v) is 5.21. The Morgan fingerprint density at radius 3 is 2.22 bits per heavy atom. The summed E-state index contributed by atoms with van der Waals surface area (Å²) < 4.78 is 40.7. The SMILES string of the molecule is Cc1ccc(S(=O)(=O)OCCOCCOCc2ccccc2Nc2ccc(C(=O)c3ccccc3C)c(Cl)c2)cc1. The van der Waals surface area contributed by atoms with Gasteiger partial charge in [0, 0.05) is 28.1 Å². The first-order valence-electron chi connectivity index (χ1n) is 13.1. The van der Waals surface area contributed by atoms with E-state index in [0.717, 1.165) is 28.1 Å². The van der Waals surface area contributed by atoms with Crippen molar-refractivity contribution < 1.29 is 26.9 Å². The van der Waals surface area contributed by atoms with Crippen LogP contribution in [0.2, 0.25) is 5.02 Å². The first kappa shape index (κ1) is 30.4. The van der Waals surface area contributed by atoms with Gasteiger partial charge in [-0.1, -0.05) is 71.8 Å². The van der Waals surface area contributed by atoms with E-state index in [9.17, 15) is 13.2 Å². The third-order valence-electron chi connectivity index (χ3n) is 6.31. The van der Waals surface area contributed by atoms with E-state index in [4.69, 9.17) is 25.3 Å². The van der Waals surface area contributed by atoms with Crippen LogP contribution in [0.1, 0.15) is 32.6 Å². The second-order valence-corrected chi connectivity index (χ2v) is 11.4. The lowest BCUT2D eigenvalue weighted by molar-refractivity contribution is 0.0312. The Labute approximate surface area is 246 Å². The number of anilines is 2. The van der Waals surface area contributed by atoms with E-state index in [-0.39, 0.29) is 30.5 Å². The molecular formula is C32H32ClNO6S. The number of hydrogen-bond donors (Lipinski definition) is 1. The maximum atomic E-state index is 13.0. The summed E-state index contributed by atoms with van der Waals surface area (Å²) in [6, 6.07) is 26.9. The van der Waals surface area contributed by atoms with E-state index in [1.807, 2.05) is 62.4 Å². The van der Waals surface area contributed by atoms with Crippen LogP contribution in [0.3, 0.4) is 0 Å². The van der Waals surface area contributed by atoms with Gasteiger partial charge in [-0.25, -0.2) is 0 Å². The normalized spacial score (nSPS) is 11.4. The molecule has 0 aromatic heterocycles. The second kappa shape index (κ2) is 14.4. The Bertz CT molecular complexity index is 1590. The predicted octanol–water partition coefficient (Wildman–Crippen LogP) is 6.87. The summed E-state index contributed by atoms with van der Waals surface area (Å²) in [4.78, 5) is 13.1. The molecule has 1 N–H and O–H groups in total. The predicted molar refractivity (Wildman–Crippen MR) is 161 cm³/mol.